The molecule has 0 fully saturated rings. The molecule has 1 aromatic carbocycles. The fourth-order valence-corrected chi connectivity index (χ4v) is 2.63. The van der Waals surface area contributed by atoms with Crippen molar-refractivity contribution in [2.24, 2.45) is 0 Å². The van der Waals surface area contributed by atoms with E-state index in [-0.39, 0.29) is 25.2 Å². The molecule has 7 heteroatoms. The Bertz CT molecular complexity index is 639. The Morgan fingerprint density at radius 1 is 1.38 bits per heavy atom. The molecule has 1 heterocycles. The number of benzene rings is 1. The topological polar surface area (TPSA) is 65.1 Å². The zero-order valence-electron chi connectivity index (χ0n) is 14.3. The lowest BCUT2D eigenvalue weighted by Crippen LogP contribution is -2.40. The number of nitrogens with zero attached hydrogens (tertiary/aromatic N) is 1. The average molecular weight is 339 g/mol. The summed E-state index contributed by atoms with van der Waals surface area (Å²) >= 11 is 0. The minimum absolute atomic E-state index is 0.158. The van der Waals surface area contributed by atoms with Crippen LogP contribution in [0.3, 0.4) is 0 Å². The summed E-state index contributed by atoms with van der Waals surface area (Å²) in [6.45, 7) is 6.05. The molecule has 132 valence electrons. The Balaban J connectivity index is 2.29. The summed E-state index contributed by atoms with van der Waals surface area (Å²) in [6, 6.07) is 1.50. The summed E-state index contributed by atoms with van der Waals surface area (Å²) in [6.07, 6.45) is -0.102. The van der Waals surface area contributed by atoms with Crippen molar-refractivity contribution >= 4 is 12.6 Å². The molecule has 1 amide bonds. The first kappa shape index (κ1) is 18.0. The third kappa shape index (κ3) is 3.96. The number of hydrogen-bond acceptors (Lipinski definition) is 5. The van der Waals surface area contributed by atoms with Crippen LogP contribution in [0.15, 0.2) is 6.07 Å². The van der Waals surface area contributed by atoms with Gasteiger partial charge in [0.2, 0.25) is 0 Å². The van der Waals surface area contributed by atoms with Crippen LogP contribution in [0.25, 0.3) is 0 Å². The summed E-state index contributed by atoms with van der Waals surface area (Å²) in [4.78, 5) is 24.1. The van der Waals surface area contributed by atoms with Crippen molar-refractivity contribution in [3.8, 4) is 5.75 Å². The Kier molecular flexibility index (Phi) is 5.31. The lowest BCUT2D eigenvalue weighted by atomic mass is 9.95. The number of amides is 1. The molecule has 0 radical (unpaired) electrons. The first-order chi connectivity index (χ1) is 11.3. The van der Waals surface area contributed by atoms with Gasteiger partial charge in [0.05, 0.1) is 13.7 Å². The molecule has 1 aliphatic rings. The smallest absolute Gasteiger partial charge is 0.410 e. The van der Waals surface area contributed by atoms with Crippen molar-refractivity contribution in [3.63, 3.8) is 0 Å². The summed E-state index contributed by atoms with van der Waals surface area (Å²) in [5.41, 5.74) is 0.756. The third-order valence-corrected chi connectivity index (χ3v) is 3.67. The van der Waals surface area contributed by atoms with Crippen LogP contribution in [0.4, 0.5) is 9.18 Å². The molecule has 1 aliphatic heterocycles. The van der Waals surface area contributed by atoms with Crippen LogP contribution in [-0.2, 0) is 33.8 Å². The van der Waals surface area contributed by atoms with Gasteiger partial charge in [-0.3, -0.25) is 4.79 Å². The highest BCUT2D eigenvalue weighted by Crippen LogP contribution is 2.33. The van der Waals surface area contributed by atoms with Crippen LogP contribution in [0.1, 0.15) is 37.5 Å². The molecule has 1 aromatic rings. The van der Waals surface area contributed by atoms with E-state index < -0.39 is 17.5 Å². The van der Waals surface area contributed by atoms with Crippen LogP contribution < -0.4 is 4.74 Å². The number of fused-ring (bicyclic) bond motifs is 1. The van der Waals surface area contributed by atoms with Crippen molar-refractivity contribution in [2.75, 3.05) is 13.7 Å². The van der Waals surface area contributed by atoms with Crippen molar-refractivity contribution < 1.29 is 28.2 Å². The number of carbonyl (C=O) groups is 2. The van der Waals surface area contributed by atoms with Crippen LogP contribution in [-0.4, -0.2) is 36.7 Å². The minimum Gasteiger partial charge on any atom is -0.496 e. The molecule has 6 nitrogen and oxygen atoms in total. The van der Waals surface area contributed by atoms with Crippen molar-refractivity contribution in [2.45, 2.75) is 45.9 Å². The second-order valence-electron chi connectivity index (χ2n) is 6.57. The van der Waals surface area contributed by atoms with E-state index in [1.165, 1.54) is 18.1 Å². The van der Waals surface area contributed by atoms with Gasteiger partial charge in [-0.05, 0) is 38.8 Å². The fourth-order valence-electron chi connectivity index (χ4n) is 2.63. The minimum atomic E-state index is -0.595. The monoisotopic (exact) mass is 339 g/mol. The molecule has 0 bridgehead atoms. The van der Waals surface area contributed by atoms with E-state index in [4.69, 9.17) is 9.47 Å². The molecule has 0 saturated heterocycles. The Morgan fingerprint density at radius 3 is 2.67 bits per heavy atom. The zero-order valence-corrected chi connectivity index (χ0v) is 14.3. The number of methoxy groups -OCH3 is 1. The number of carbonyl (C=O) groups excluding carboxylic acids is 2. The molecule has 0 unspecified atom stereocenters. The van der Waals surface area contributed by atoms with Crippen LogP contribution in [0, 0.1) is 5.82 Å². The van der Waals surface area contributed by atoms with Crippen LogP contribution in [0.5, 0.6) is 5.75 Å². The quantitative estimate of drug-likeness (QED) is 0.789. The average Bonchev–Trinajstić information content (AvgIpc) is 2.52. The molecule has 0 aliphatic carbocycles. The Labute approximate surface area is 140 Å². The molecule has 0 N–H and O–H groups in total. The highest BCUT2D eigenvalue weighted by Gasteiger charge is 2.30. The van der Waals surface area contributed by atoms with E-state index in [2.05, 4.69) is 4.74 Å². The Morgan fingerprint density at radius 2 is 2.08 bits per heavy atom. The van der Waals surface area contributed by atoms with E-state index in [1.54, 1.807) is 20.8 Å². The first-order valence-corrected chi connectivity index (χ1v) is 7.67. The highest BCUT2D eigenvalue weighted by molar-refractivity contribution is 5.69. The van der Waals surface area contributed by atoms with Crippen molar-refractivity contribution in [3.05, 3.63) is 28.6 Å². The van der Waals surface area contributed by atoms with E-state index >= 15 is 0 Å². The molecule has 0 aromatic heterocycles. The van der Waals surface area contributed by atoms with E-state index in [9.17, 15) is 14.0 Å². The molecule has 0 atom stereocenters. The second kappa shape index (κ2) is 7.07. The van der Waals surface area contributed by atoms with Gasteiger partial charge in [0, 0.05) is 17.7 Å². The number of rotatable bonds is 4. The number of halogens is 1. The predicted octanol–water partition coefficient (Wildman–Crippen LogP) is 2.80. The molecule has 0 saturated carbocycles. The van der Waals surface area contributed by atoms with E-state index in [0.717, 1.165) is 0 Å². The van der Waals surface area contributed by atoms with Crippen molar-refractivity contribution in [1.29, 1.82) is 0 Å². The van der Waals surface area contributed by atoms with Gasteiger partial charge in [-0.25, -0.2) is 9.18 Å². The van der Waals surface area contributed by atoms with E-state index in [0.29, 0.717) is 29.8 Å². The van der Waals surface area contributed by atoms with Gasteiger partial charge in [0.15, 0.2) is 0 Å². The zero-order chi connectivity index (χ0) is 17.9. The maximum Gasteiger partial charge on any atom is 0.410 e. The molecule has 2 rings (SSSR count). The fraction of sp³-hybridized carbons (Fsp3) is 0.529. The van der Waals surface area contributed by atoms with E-state index in [1.807, 2.05) is 0 Å². The number of ether oxygens (including phenoxy) is 3. The SMILES string of the molecule is COc1cc(COC=O)c(F)c2c1CN(C(=O)OC(C)(C)C)CC2. The van der Waals surface area contributed by atoms with Gasteiger partial charge in [0.25, 0.3) is 6.47 Å². The van der Waals surface area contributed by atoms with Crippen LogP contribution in [0.2, 0.25) is 0 Å². The lowest BCUT2D eigenvalue weighted by Gasteiger charge is -2.32. The van der Waals surface area contributed by atoms with Gasteiger partial charge < -0.3 is 19.1 Å². The van der Waals surface area contributed by atoms with Gasteiger partial charge in [-0.2, -0.15) is 0 Å². The lowest BCUT2D eigenvalue weighted by molar-refractivity contribution is -0.129. The second-order valence-corrected chi connectivity index (χ2v) is 6.57. The highest BCUT2D eigenvalue weighted by atomic mass is 19.1. The third-order valence-electron chi connectivity index (χ3n) is 3.67. The molecular formula is C17H22FNO5. The summed E-state index contributed by atoms with van der Waals surface area (Å²) in [5.74, 6) is 0.0423. The predicted molar refractivity (Wildman–Crippen MR) is 84.2 cm³/mol. The van der Waals surface area contributed by atoms with Gasteiger partial charge in [0.1, 0.15) is 23.8 Å². The maximum atomic E-state index is 14.6. The first-order valence-electron chi connectivity index (χ1n) is 7.67. The normalized spacial score (nSPS) is 14.0. The molecule has 24 heavy (non-hydrogen) atoms. The van der Waals surface area contributed by atoms with Gasteiger partial charge >= 0.3 is 6.09 Å². The summed E-state index contributed by atoms with van der Waals surface area (Å²) in [5, 5.41) is 0. The number of hydrogen-bond donors (Lipinski definition) is 0. The largest absolute Gasteiger partial charge is 0.496 e. The Hall–Kier alpha value is -2.31. The van der Waals surface area contributed by atoms with Crippen LogP contribution >= 0.6 is 0 Å². The standard InChI is InChI=1S/C17H22FNO5/c1-17(2,3)24-16(21)19-6-5-12-13(8-19)14(22-4)7-11(15(12)18)9-23-10-20/h7,10H,5-6,8-9H2,1-4H3. The molecule has 0 spiro atoms. The van der Waals surface area contributed by atoms with Gasteiger partial charge in [-0.15, -0.1) is 0 Å². The van der Waals surface area contributed by atoms with Crippen molar-refractivity contribution in [1.82, 2.24) is 4.90 Å². The van der Waals surface area contributed by atoms with Gasteiger partial charge in [-0.1, -0.05) is 0 Å². The molecular weight excluding hydrogens is 317 g/mol. The summed E-state index contributed by atoms with van der Waals surface area (Å²) < 4.78 is 29.9. The summed E-state index contributed by atoms with van der Waals surface area (Å²) in [7, 11) is 1.48. The maximum absolute atomic E-state index is 14.6.